The fourth-order valence-corrected chi connectivity index (χ4v) is 4.65. The lowest BCUT2D eigenvalue weighted by Crippen LogP contribution is -2.52. The van der Waals surface area contributed by atoms with Crippen LogP contribution in [0, 0.1) is 0 Å². The summed E-state index contributed by atoms with van der Waals surface area (Å²) in [5.74, 6) is 1.42. The molecule has 1 aromatic carbocycles. The lowest BCUT2D eigenvalue weighted by atomic mass is 9.85. The zero-order valence-corrected chi connectivity index (χ0v) is 15.4. The Morgan fingerprint density at radius 2 is 1.79 bits per heavy atom. The quantitative estimate of drug-likeness (QED) is 0.688. The first-order valence-corrected chi connectivity index (χ1v) is 10.1. The minimum absolute atomic E-state index is 0.478. The molecule has 0 bridgehead atoms. The van der Waals surface area contributed by atoms with Crippen molar-refractivity contribution >= 4 is 0 Å². The van der Waals surface area contributed by atoms with Gasteiger partial charge in [-0.2, -0.15) is 0 Å². The molecule has 0 amide bonds. The molecule has 0 aromatic heterocycles. The van der Waals surface area contributed by atoms with Crippen LogP contribution in [0.4, 0.5) is 0 Å². The van der Waals surface area contributed by atoms with Crippen LogP contribution in [0.25, 0.3) is 0 Å². The van der Waals surface area contributed by atoms with Gasteiger partial charge in [-0.05, 0) is 63.0 Å². The molecule has 1 saturated carbocycles. The average molecular weight is 327 g/mol. The Bertz CT molecular complexity index is 514. The van der Waals surface area contributed by atoms with E-state index in [0.29, 0.717) is 5.54 Å². The normalized spacial score (nSPS) is 20.5. The standard InChI is InChI=1S/C22H34N2/c1-2-11-21(23-18-10-14-20-12-4-3-5-13-20)24-19-9-8-17-22(24)15-6-7-16-22/h3-5,11-13,23H,2,6-10,14-19H2,1H3. The van der Waals surface area contributed by atoms with Crippen LogP contribution >= 0.6 is 0 Å². The Hall–Kier alpha value is -1.44. The third-order valence-corrected chi connectivity index (χ3v) is 5.86. The van der Waals surface area contributed by atoms with Gasteiger partial charge in [-0.1, -0.05) is 50.1 Å². The van der Waals surface area contributed by atoms with E-state index in [1.807, 2.05) is 0 Å². The summed E-state index contributed by atoms with van der Waals surface area (Å²) in [6, 6.07) is 10.9. The molecule has 3 rings (SSSR count). The number of likely N-dealkylation sites (tertiary alicyclic amines) is 1. The SMILES string of the molecule is CCC=C(NCCCc1ccccc1)N1CCCCC12CCCC2. The molecule has 2 heteroatoms. The van der Waals surface area contributed by atoms with Gasteiger partial charge in [-0.15, -0.1) is 0 Å². The first-order chi connectivity index (χ1) is 11.8. The van der Waals surface area contributed by atoms with Gasteiger partial charge in [0, 0.05) is 18.6 Å². The van der Waals surface area contributed by atoms with Crippen molar-refractivity contribution in [2.45, 2.75) is 76.7 Å². The Balaban J connectivity index is 1.57. The average Bonchev–Trinajstić information content (AvgIpc) is 3.08. The van der Waals surface area contributed by atoms with Crippen LogP contribution in [0.2, 0.25) is 0 Å². The van der Waals surface area contributed by atoms with Crippen molar-refractivity contribution in [2.75, 3.05) is 13.1 Å². The number of piperidine rings is 1. The number of hydrogen-bond donors (Lipinski definition) is 1. The molecule has 0 radical (unpaired) electrons. The van der Waals surface area contributed by atoms with Crippen molar-refractivity contribution in [3.8, 4) is 0 Å². The molecular formula is C22H34N2. The smallest absolute Gasteiger partial charge is 0.0976 e. The predicted octanol–water partition coefficient (Wildman–Crippen LogP) is 5.26. The molecular weight excluding hydrogens is 292 g/mol. The second kappa shape index (κ2) is 8.60. The van der Waals surface area contributed by atoms with Crippen molar-refractivity contribution in [2.24, 2.45) is 0 Å². The summed E-state index contributed by atoms with van der Waals surface area (Å²) < 4.78 is 0. The maximum Gasteiger partial charge on any atom is 0.0976 e. The predicted molar refractivity (Wildman–Crippen MR) is 103 cm³/mol. The summed E-state index contributed by atoms with van der Waals surface area (Å²) in [5.41, 5.74) is 1.93. The number of aryl methyl sites for hydroxylation is 1. The van der Waals surface area contributed by atoms with Gasteiger partial charge in [0.05, 0.1) is 5.82 Å². The van der Waals surface area contributed by atoms with Crippen molar-refractivity contribution in [3.63, 3.8) is 0 Å². The van der Waals surface area contributed by atoms with Gasteiger partial charge in [-0.3, -0.25) is 0 Å². The summed E-state index contributed by atoms with van der Waals surface area (Å²) >= 11 is 0. The lowest BCUT2D eigenvalue weighted by molar-refractivity contribution is 0.0782. The number of rotatable bonds is 7. The molecule has 1 N–H and O–H groups in total. The molecule has 1 aliphatic carbocycles. The maximum absolute atomic E-state index is 3.80. The fourth-order valence-electron chi connectivity index (χ4n) is 4.65. The van der Waals surface area contributed by atoms with Gasteiger partial charge in [0.25, 0.3) is 0 Å². The van der Waals surface area contributed by atoms with E-state index in [4.69, 9.17) is 0 Å². The third-order valence-electron chi connectivity index (χ3n) is 5.86. The van der Waals surface area contributed by atoms with Crippen LogP contribution in [0.15, 0.2) is 42.2 Å². The van der Waals surface area contributed by atoms with Gasteiger partial charge < -0.3 is 10.2 Å². The highest BCUT2D eigenvalue weighted by Gasteiger charge is 2.41. The molecule has 1 aliphatic heterocycles. The van der Waals surface area contributed by atoms with Crippen molar-refractivity contribution in [1.29, 1.82) is 0 Å². The summed E-state index contributed by atoms with van der Waals surface area (Å²) in [4.78, 5) is 2.76. The highest BCUT2D eigenvalue weighted by Crippen LogP contribution is 2.43. The summed E-state index contributed by atoms with van der Waals surface area (Å²) in [6.07, 6.45) is 15.7. The van der Waals surface area contributed by atoms with Gasteiger partial charge in [0.15, 0.2) is 0 Å². The molecule has 0 atom stereocenters. The van der Waals surface area contributed by atoms with E-state index in [-0.39, 0.29) is 0 Å². The van der Waals surface area contributed by atoms with E-state index >= 15 is 0 Å². The second-order valence-corrected chi connectivity index (χ2v) is 7.55. The number of nitrogens with zero attached hydrogens (tertiary/aromatic N) is 1. The van der Waals surface area contributed by atoms with Crippen LogP contribution in [-0.4, -0.2) is 23.5 Å². The molecule has 2 aliphatic rings. The largest absolute Gasteiger partial charge is 0.372 e. The topological polar surface area (TPSA) is 15.3 Å². The monoisotopic (exact) mass is 326 g/mol. The lowest BCUT2D eigenvalue weighted by Gasteiger charge is -2.48. The number of allylic oxidation sites excluding steroid dienone is 1. The van der Waals surface area contributed by atoms with Crippen molar-refractivity contribution in [3.05, 3.63) is 47.8 Å². The van der Waals surface area contributed by atoms with Gasteiger partial charge in [0.2, 0.25) is 0 Å². The third kappa shape index (κ3) is 4.15. The van der Waals surface area contributed by atoms with Gasteiger partial charge in [-0.25, -0.2) is 0 Å². The van der Waals surface area contributed by atoms with Crippen LogP contribution in [0.1, 0.15) is 70.3 Å². The summed E-state index contributed by atoms with van der Waals surface area (Å²) in [7, 11) is 0. The molecule has 2 fully saturated rings. The molecule has 1 saturated heterocycles. The highest BCUT2D eigenvalue weighted by molar-refractivity contribution is 5.15. The van der Waals surface area contributed by atoms with Gasteiger partial charge >= 0.3 is 0 Å². The van der Waals surface area contributed by atoms with E-state index in [9.17, 15) is 0 Å². The molecule has 24 heavy (non-hydrogen) atoms. The Labute approximate surface area is 148 Å². The zero-order valence-electron chi connectivity index (χ0n) is 15.4. The highest BCUT2D eigenvalue weighted by atomic mass is 15.3. The zero-order chi connectivity index (χ0) is 16.7. The number of nitrogens with one attached hydrogen (secondary N) is 1. The first kappa shape index (κ1) is 17.4. The van der Waals surface area contributed by atoms with E-state index < -0.39 is 0 Å². The van der Waals surface area contributed by atoms with Crippen molar-refractivity contribution < 1.29 is 0 Å². The summed E-state index contributed by atoms with van der Waals surface area (Å²) in [5, 5.41) is 3.80. The minimum Gasteiger partial charge on any atom is -0.372 e. The molecule has 1 aromatic rings. The molecule has 132 valence electrons. The van der Waals surface area contributed by atoms with Crippen molar-refractivity contribution in [1.82, 2.24) is 10.2 Å². The molecule has 2 nitrogen and oxygen atoms in total. The van der Waals surface area contributed by atoms with E-state index in [0.717, 1.165) is 13.0 Å². The van der Waals surface area contributed by atoms with E-state index in [2.05, 4.69) is 53.5 Å². The second-order valence-electron chi connectivity index (χ2n) is 7.55. The Morgan fingerprint density at radius 1 is 1.08 bits per heavy atom. The van der Waals surface area contributed by atoms with Crippen LogP contribution in [0.3, 0.4) is 0 Å². The van der Waals surface area contributed by atoms with Crippen LogP contribution < -0.4 is 5.32 Å². The number of hydrogen-bond acceptors (Lipinski definition) is 2. The first-order valence-electron chi connectivity index (χ1n) is 10.1. The van der Waals surface area contributed by atoms with E-state index in [1.165, 1.54) is 75.7 Å². The van der Waals surface area contributed by atoms with Crippen LogP contribution in [0.5, 0.6) is 0 Å². The summed E-state index contributed by atoms with van der Waals surface area (Å²) in [6.45, 7) is 4.59. The van der Waals surface area contributed by atoms with Crippen LogP contribution in [-0.2, 0) is 6.42 Å². The molecule has 0 unspecified atom stereocenters. The minimum atomic E-state index is 0.478. The molecule has 1 spiro atoms. The van der Waals surface area contributed by atoms with Gasteiger partial charge in [0.1, 0.15) is 0 Å². The Kier molecular flexibility index (Phi) is 6.23. The maximum atomic E-state index is 3.80. The Morgan fingerprint density at radius 3 is 2.50 bits per heavy atom. The number of benzene rings is 1. The molecule has 1 heterocycles. The fraction of sp³-hybridized carbons (Fsp3) is 0.636. The van der Waals surface area contributed by atoms with E-state index in [1.54, 1.807) is 0 Å².